The van der Waals surface area contributed by atoms with Crippen molar-refractivity contribution in [3.8, 4) is 17.2 Å². The maximum Gasteiger partial charge on any atom is 0.310 e. The van der Waals surface area contributed by atoms with Crippen LogP contribution in [0, 0.1) is 10.1 Å². The van der Waals surface area contributed by atoms with Crippen molar-refractivity contribution in [2.45, 2.75) is 13.0 Å². The van der Waals surface area contributed by atoms with Crippen molar-refractivity contribution >= 4 is 11.7 Å². The zero-order valence-corrected chi connectivity index (χ0v) is 14.7. The maximum absolute atomic E-state index is 12.1. The average Bonchev–Trinajstić information content (AvgIpc) is 2.65. The Morgan fingerprint density at radius 3 is 2.19 bits per heavy atom. The number of carbonyl (C=O) groups excluding carboxylic acids is 1. The fourth-order valence-corrected chi connectivity index (χ4v) is 2.42. The lowest BCUT2D eigenvalue weighted by molar-refractivity contribution is -0.385. The molecule has 0 saturated carbocycles. The molecule has 2 aromatic rings. The van der Waals surface area contributed by atoms with E-state index in [1.807, 2.05) is 0 Å². The number of ether oxygens (including phenoxy) is 4. The second kappa shape index (κ2) is 8.70. The molecule has 0 atom stereocenters. The van der Waals surface area contributed by atoms with Gasteiger partial charge in [-0.1, -0.05) is 12.1 Å². The quantitative estimate of drug-likeness (QED) is 0.405. The third-order valence-corrected chi connectivity index (χ3v) is 3.65. The van der Waals surface area contributed by atoms with Crippen LogP contribution in [-0.2, 0) is 22.6 Å². The maximum atomic E-state index is 12.1. The second-order valence-corrected chi connectivity index (χ2v) is 5.26. The molecule has 2 aromatic carbocycles. The highest BCUT2D eigenvalue weighted by Crippen LogP contribution is 2.38. The number of rotatable bonds is 8. The first kappa shape index (κ1) is 19.0. The first-order valence-electron chi connectivity index (χ1n) is 7.67. The van der Waals surface area contributed by atoms with Gasteiger partial charge in [0.1, 0.15) is 6.61 Å². The Labute approximate surface area is 150 Å². The van der Waals surface area contributed by atoms with Crippen LogP contribution in [0.5, 0.6) is 17.2 Å². The van der Waals surface area contributed by atoms with Gasteiger partial charge < -0.3 is 18.9 Å². The van der Waals surface area contributed by atoms with Gasteiger partial charge in [0, 0.05) is 6.07 Å². The average molecular weight is 361 g/mol. The predicted octanol–water partition coefficient (Wildman–Crippen LogP) is 2.91. The fourth-order valence-electron chi connectivity index (χ4n) is 2.42. The predicted molar refractivity (Wildman–Crippen MR) is 92.7 cm³/mol. The monoisotopic (exact) mass is 361 g/mol. The minimum Gasteiger partial charge on any atom is -0.493 e. The van der Waals surface area contributed by atoms with Gasteiger partial charge in [-0.15, -0.1) is 0 Å². The van der Waals surface area contributed by atoms with Gasteiger partial charge in [0.25, 0.3) is 5.69 Å². The number of esters is 1. The smallest absolute Gasteiger partial charge is 0.310 e. The van der Waals surface area contributed by atoms with Crippen molar-refractivity contribution in [3.63, 3.8) is 0 Å². The highest BCUT2D eigenvalue weighted by Gasteiger charge is 2.17. The minimum atomic E-state index is -0.530. The van der Waals surface area contributed by atoms with Crippen molar-refractivity contribution < 1.29 is 28.7 Å². The van der Waals surface area contributed by atoms with Crippen LogP contribution < -0.4 is 14.2 Å². The molecule has 0 N–H and O–H groups in total. The molecule has 0 aromatic heterocycles. The van der Waals surface area contributed by atoms with Crippen LogP contribution in [-0.4, -0.2) is 32.2 Å². The van der Waals surface area contributed by atoms with Gasteiger partial charge in [0.05, 0.1) is 38.2 Å². The largest absolute Gasteiger partial charge is 0.493 e. The summed E-state index contributed by atoms with van der Waals surface area (Å²) in [6, 6.07) is 9.41. The Hall–Kier alpha value is -3.29. The van der Waals surface area contributed by atoms with E-state index in [-0.39, 0.29) is 18.7 Å². The summed E-state index contributed by atoms with van der Waals surface area (Å²) < 4.78 is 20.9. The standard InChI is InChI=1S/C18H19NO7/c1-23-15-8-12(9-16(24-2)18(15)25-3)10-17(20)26-11-13-6-4-5-7-14(13)19(21)22/h4-9H,10-11H2,1-3H3. The molecule has 0 aliphatic carbocycles. The van der Waals surface area contributed by atoms with Crippen LogP contribution in [0.4, 0.5) is 5.69 Å². The Morgan fingerprint density at radius 2 is 1.65 bits per heavy atom. The minimum absolute atomic E-state index is 0.0443. The normalized spacial score (nSPS) is 10.1. The summed E-state index contributed by atoms with van der Waals surface area (Å²) in [6.45, 7) is -0.180. The zero-order chi connectivity index (χ0) is 19.1. The van der Waals surface area contributed by atoms with Crippen molar-refractivity contribution in [3.05, 3.63) is 57.6 Å². The first-order chi connectivity index (χ1) is 12.5. The Balaban J connectivity index is 2.10. The summed E-state index contributed by atoms with van der Waals surface area (Å²) in [7, 11) is 4.45. The summed E-state index contributed by atoms with van der Waals surface area (Å²) in [4.78, 5) is 22.6. The van der Waals surface area contributed by atoms with Crippen LogP contribution in [0.2, 0.25) is 0 Å². The highest BCUT2D eigenvalue weighted by atomic mass is 16.6. The van der Waals surface area contributed by atoms with Gasteiger partial charge in [-0.2, -0.15) is 0 Å². The molecule has 0 amide bonds. The van der Waals surface area contributed by atoms with Gasteiger partial charge in [-0.3, -0.25) is 14.9 Å². The second-order valence-electron chi connectivity index (χ2n) is 5.26. The lowest BCUT2D eigenvalue weighted by atomic mass is 10.1. The van der Waals surface area contributed by atoms with Gasteiger partial charge in [0.2, 0.25) is 5.75 Å². The van der Waals surface area contributed by atoms with E-state index in [0.29, 0.717) is 28.4 Å². The number of nitro benzene ring substituents is 1. The van der Waals surface area contributed by atoms with E-state index in [0.717, 1.165) is 0 Å². The van der Waals surface area contributed by atoms with Gasteiger partial charge in [-0.05, 0) is 23.8 Å². The van der Waals surface area contributed by atoms with E-state index in [9.17, 15) is 14.9 Å². The molecule has 0 heterocycles. The molecule has 26 heavy (non-hydrogen) atoms. The molecule has 0 radical (unpaired) electrons. The molecular formula is C18H19NO7. The number of nitro groups is 1. The zero-order valence-electron chi connectivity index (χ0n) is 14.7. The number of hydrogen-bond acceptors (Lipinski definition) is 7. The van der Waals surface area contributed by atoms with Crippen molar-refractivity contribution in [2.24, 2.45) is 0 Å². The van der Waals surface area contributed by atoms with Gasteiger partial charge in [-0.25, -0.2) is 0 Å². The summed E-state index contributed by atoms with van der Waals surface area (Å²) in [5.41, 5.74) is 0.843. The third-order valence-electron chi connectivity index (χ3n) is 3.65. The number of hydrogen-bond donors (Lipinski definition) is 0. The van der Waals surface area contributed by atoms with Crippen LogP contribution >= 0.6 is 0 Å². The van der Waals surface area contributed by atoms with E-state index < -0.39 is 10.9 Å². The topological polar surface area (TPSA) is 97.1 Å². The van der Waals surface area contributed by atoms with E-state index in [2.05, 4.69) is 0 Å². The molecule has 0 saturated heterocycles. The lowest BCUT2D eigenvalue weighted by Crippen LogP contribution is -2.09. The van der Waals surface area contributed by atoms with Gasteiger partial charge in [0.15, 0.2) is 11.5 Å². The SMILES string of the molecule is COc1cc(CC(=O)OCc2ccccc2[N+](=O)[O-])cc(OC)c1OC. The Morgan fingerprint density at radius 1 is 1.04 bits per heavy atom. The molecule has 0 unspecified atom stereocenters. The van der Waals surface area contributed by atoms with E-state index in [1.165, 1.54) is 27.4 Å². The molecule has 0 bridgehead atoms. The van der Waals surface area contributed by atoms with Crippen molar-refractivity contribution in [1.29, 1.82) is 0 Å². The van der Waals surface area contributed by atoms with Crippen molar-refractivity contribution in [2.75, 3.05) is 21.3 Å². The molecule has 0 aliphatic rings. The Kier molecular flexibility index (Phi) is 6.37. The summed E-state index contributed by atoms with van der Waals surface area (Å²) in [6.07, 6.45) is -0.0443. The molecule has 0 fully saturated rings. The number of para-hydroxylation sites is 1. The number of nitrogens with zero attached hydrogens (tertiary/aromatic N) is 1. The number of carbonyl (C=O) groups is 1. The Bertz CT molecular complexity index is 779. The van der Waals surface area contributed by atoms with Crippen LogP contribution in [0.3, 0.4) is 0 Å². The van der Waals surface area contributed by atoms with Crippen LogP contribution in [0.15, 0.2) is 36.4 Å². The van der Waals surface area contributed by atoms with E-state index in [4.69, 9.17) is 18.9 Å². The molecule has 0 aliphatic heterocycles. The van der Waals surface area contributed by atoms with Crippen LogP contribution in [0.25, 0.3) is 0 Å². The first-order valence-corrected chi connectivity index (χ1v) is 7.67. The molecule has 8 heteroatoms. The summed E-state index contributed by atoms with van der Waals surface area (Å²) in [5, 5.41) is 11.0. The van der Waals surface area contributed by atoms with E-state index >= 15 is 0 Å². The highest BCUT2D eigenvalue weighted by molar-refractivity contribution is 5.73. The lowest BCUT2D eigenvalue weighted by Gasteiger charge is -2.14. The van der Waals surface area contributed by atoms with Crippen LogP contribution in [0.1, 0.15) is 11.1 Å². The van der Waals surface area contributed by atoms with E-state index in [1.54, 1.807) is 30.3 Å². The van der Waals surface area contributed by atoms with Gasteiger partial charge >= 0.3 is 5.97 Å². The third kappa shape index (κ3) is 4.41. The number of methoxy groups -OCH3 is 3. The molecular weight excluding hydrogens is 342 g/mol. The molecule has 2 rings (SSSR count). The number of benzene rings is 2. The summed E-state index contributed by atoms with van der Waals surface area (Å²) in [5.74, 6) is 0.742. The molecule has 8 nitrogen and oxygen atoms in total. The molecule has 0 spiro atoms. The molecule has 138 valence electrons. The fraction of sp³-hybridized carbons (Fsp3) is 0.278. The summed E-state index contributed by atoms with van der Waals surface area (Å²) >= 11 is 0. The van der Waals surface area contributed by atoms with Crippen molar-refractivity contribution in [1.82, 2.24) is 0 Å².